The zero-order valence-corrected chi connectivity index (χ0v) is 14.0. The predicted octanol–water partition coefficient (Wildman–Crippen LogP) is 2.36. The summed E-state index contributed by atoms with van der Waals surface area (Å²) in [7, 11) is 0. The fraction of sp³-hybridized carbons (Fsp3) is 0.556. The fourth-order valence-corrected chi connectivity index (χ4v) is 2.09. The molecule has 1 aromatic carbocycles. The second kappa shape index (κ2) is 9.27. The van der Waals surface area contributed by atoms with E-state index in [4.69, 9.17) is 14.6 Å². The highest BCUT2D eigenvalue weighted by Crippen LogP contribution is 2.29. The van der Waals surface area contributed by atoms with Gasteiger partial charge in [0.15, 0.2) is 0 Å². The topological polar surface area (TPSA) is 84.9 Å². The van der Waals surface area contributed by atoms with Crippen molar-refractivity contribution >= 4 is 11.9 Å². The molecule has 1 aliphatic carbocycles. The van der Waals surface area contributed by atoms with Gasteiger partial charge in [-0.1, -0.05) is 12.1 Å². The van der Waals surface area contributed by atoms with Crippen LogP contribution in [0.3, 0.4) is 0 Å². The number of carboxylic acids is 1. The number of rotatable bonds is 11. The maximum atomic E-state index is 11.9. The number of hydrogen-bond donors (Lipinski definition) is 2. The molecular formula is C18H25NO5. The van der Waals surface area contributed by atoms with Gasteiger partial charge in [-0.3, -0.25) is 9.59 Å². The third kappa shape index (κ3) is 7.00. The average molecular weight is 335 g/mol. The highest BCUT2D eigenvalue weighted by atomic mass is 16.5. The molecule has 0 unspecified atom stereocenters. The molecule has 0 bridgehead atoms. The van der Waals surface area contributed by atoms with Crippen molar-refractivity contribution in [1.29, 1.82) is 0 Å². The number of amides is 1. The van der Waals surface area contributed by atoms with Crippen LogP contribution < -0.4 is 10.1 Å². The van der Waals surface area contributed by atoms with E-state index in [0.717, 1.165) is 5.56 Å². The SMILES string of the molecule is C[C@H](OCC1CC1)C(=O)NCc1ccc(OCCCC(=O)O)cc1. The Kier molecular flexibility index (Phi) is 7.06. The lowest BCUT2D eigenvalue weighted by molar-refractivity contribution is -0.137. The normalized spacial score (nSPS) is 14.9. The van der Waals surface area contributed by atoms with E-state index in [1.54, 1.807) is 6.92 Å². The van der Waals surface area contributed by atoms with Crippen molar-refractivity contribution in [3.63, 3.8) is 0 Å². The molecule has 0 aromatic heterocycles. The van der Waals surface area contributed by atoms with Crippen LogP contribution >= 0.6 is 0 Å². The third-order valence-corrected chi connectivity index (χ3v) is 3.84. The number of carbonyl (C=O) groups excluding carboxylic acids is 1. The summed E-state index contributed by atoms with van der Waals surface area (Å²) in [4.78, 5) is 22.3. The zero-order valence-electron chi connectivity index (χ0n) is 14.0. The van der Waals surface area contributed by atoms with Gasteiger partial charge in [-0.15, -0.1) is 0 Å². The van der Waals surface area contributed by atoms with Gasteiger partial charge >= 0.3 is 5.97 Å². The standard InChI is InChI=1S/C18H25NO5/c1-13(24-12-15-4-5-15)18(22)19-11-14-6-8-16(9-7-14)23-10-2-3-17(20)21/h6-9,13,15H,2-5,10-12H2,1H3,(H,19,22)(H,20,21)/t13-/m0/s1. The van der Waals surface area contributed by atoms with E-state index >= 15 is 0 Å². The number of carbonyl (C=O) groups is 2. The zero-order chi connectivity index (χ0) is 17.4. The average Bonchev–Trinajstić information content (AvgIpc) is 3.39. The van der Waals surface area contributed by atoms with Crippen LogP contribution in [0, 0.1) is 5.92 Å². The van der Waals surface area contributed by atoms with Gasteiger partial charge in [-0.05, 0) is 49.8 Å². The number of aliphatic carboxylic acids is 1. The van der Waals surface area contributed by atoms with Crippen molar-refractivity contribution in [2.24, 2.45) is 5.92 Å². The molecule has 1 amide bonds. The van der Waals surface area contributed by atoms with E-state index in [-0.39, 0.29) is 12.3 Å². The Morgan fingerprint density at radius 2 is 2.00 bits per heavy atom. The highest BCUT2D eigenvalue weighted by Gasteiger charge is 2.23. The molecule has 0 spiro atoms. The lowest BCUT2D eigenvalue weighted by Gasteiger charge is -2.13. The lowest BCUT2D eigenvalue weighted by atomic mass is 10.2. The minimum atomic E-state index is -0.819. The second-order valence-corrected chi connectivity index (χ2v) is 6.13. The maximum absolute atomic E-state index is 11.9. The third-order valence-electron chi connectivity index (χ3n) is 3.84. The van der Waals surface area contributed by atoms with E-state index in [9.17, 15) is 9.59 Å². The molecule has 1 fully saturated rings. The molecule has 1 aliphatic rings. The first-order valence-electron chi connectivity index (χ1n) is 8.37. The van der Waals surface area contributed by atoms with Crippen LogP contribution in [0.4, 0.5) is 0 Å². The van der Waals surface area contributed by atoms with E-state index in [1.807, 2.05) is 24.3 Å². The van der Waals surface area contributed by atoms with Gasteiger partial charge in [0.25, 0.3) is 0 Å². The van der Waals surface area contributed by atoms with Crippen molar-refractivity contribution in [1.82, 2.24) is 5.32 Å². The smallest absolute Gasteiger partial charge is 0.303 e. The molecule has 1 atom stereocenters. The summed E-state index contributed by atoms with van der Waals surface area (Å²) in [6, 6.07) is 7.38. The van der Waals surface area contributed by atoms with Gasteiger partial charge in [0.05, 0.1) is 13.2 Å². The molecule has 0 heterocycles. The van der Waals surface area contributed by atoms with Gasteiger partial charge in [-0.25, -0.2) is 0 Å². The number of nitrogens with one attached hydrogen (secondary N) is 1. The summed E-state index contributed by atoms with van der Waals surface area (Å²) in [6.45, 7) is 3.25. The number of benzene rings is 1. The summed E-state index contributed by atoms with van der Waals surface area (Å²) >= 11 is 0. The first kappa shape index (κ1) is 18.3. The molecule has 0 aliphatic heterocycles. The van der Waals surface area contributed by atoms with E-state index in [2.05, 4.69) is 5.32 Å². The minimum absolute atomic E-state index is 0.102. The molecule has 6 heteroatoms. The second-order valence-electron chi connectivity index (χ2n) is 6.13. The largest absolute Gasteiger partial charge is 0.494 e. The van der Waals surface area contributed by atoms with Gasteiger partial charge in [0.1, 0.15) is 11.9 Å². The molecule has 0 radical (unpaired) electrons. The van der Waals surface area contributed by atoms with Crippen LogP contribution in [-0.4, -0.2) is 36.3 Å². The summed E-state index contributed by atoms with van der Waals surface area (Å²) in [5.41, 5.74) is 0.968. The summed E-state index contributed by atoms with van der Waals surface area (Å²) in [5.74, 6) is 0.407. The minimum Gasteiger partial charge on any atom is -0.494 e. The fourth-order valence-electron chi connectivity index (χ4n) is 2.09. The summed E-state index contributed by atoms with van der Waals surface area (Å²) < 4.78 is 11.0. The monoisotopic (exact) mass is 335 g/mol. The van der Waals surface area contributed by atoms with E-state index in [0.29, 0.717) is 37.8 Å². The van der Waals surface area contributed by atoms with E-state index in [1.165, 1.54) is 12.8 Å². The lowest BCUT2D eigenvalue weighted by Crippen LogP contribution is -2.34. The number of ether oxygens (including phenoxy) is 2. The van der Waals surface area contributed by atoms with Crippen LogP contribution in [0.25, 0.3) is 0 Å². The molecule has 24 heavy (non-hydrogen) atoms. The Morgan fingerprint density at radius 3 is 2.62 bits per heavy atom. The van der Waals surface area contributed by atoms with Crippen molar-refractivity contribution in [2.75, 3.05) is 13.2 Å². The molecule has 0 saturated heterocycles. The molecule has 132 valence electrons. The van der Waals surface area contributed by atoms with Gasteiger partial charge in [0.2, 0.25) is 5.91 Å². The Hall–Kier alpha value is -2.08. The first-order chi connectivity index (χ1) is 11.5. The van der Waals surface area contributed by atoms with Crippen LogP contribution in [0.5, 0.6) is 5.75 Å². The molecular weight excluding hydrogens is 310 g/mol. The Morgan fingerprint density at radius 1 is 1.29 bits per heavy atom. The molecule has 6 nitrogen and oxygen atoms in total. The van der Waals surface area contributed by atoms with Crippen LogP contribution in [0.1, 0.15) is 38.2 Å². The Balaban J connectivity index is 1.65. The van der Waals surface area contributed by atoms with Crippen molar-refractivity contribution in [3.8, 4) is 5.75 Å². The van der Waals surface area contributed by atoms with Crippen molar-refractivity contribution < 1.29 is 24.2 Å². The molecule has 2 rings (SSSR count). The van der Waals surface area contributed by atoms with Gasteiger partial charge in [-0.2, -0.15) is 0 Å². The highest BCUT2D eigenvalue weighted by molar-refractivity contribution is 5.80. The molecule has 1 aromatic rings. The molecule has 2 N–H and O–H groups in total. The van der Waals surface area contributed by atoms with Crippen LogP contribution in [0.15, 0.2) is 24.3 Å². The van der Waals surface area contributed by atoms with Crippen molar-refractivity contribution in [2.45, 2.75) is 45.3 Å². The first-order valence-corrected chi connectivity index (χ1v) is 8.37. The number of carboxylic acid groups (broad SMARTS) is 1. The predicted molar refractivity (Wildman–Crippen MR) is 88.8 cm³/mol. The summed E-state index contributed by atoms with van der Waals surface area (Å²) in [6.07, 6.45) is 2.57. The Labute approximate surface area is 142 Å². The molecule has 1 saturated carbocycles. The quantitative estimate of drug-likeness (QED) is 0.607. The number of hydrogen-bond acceptors (Lipinski definition) is 4. The van der Waals surface area contributed by atoms with Crippen LogP contribution in [-0.2, 0) is 20.9 Å². The van der Waals surface area contributed by atoms with Gasteiger partial charge in [0, 0.05) is 13.0 Å². The van der Waals surface area contributed by atoms with Gasteiger partial charge < -0.3 is 19.9 Å². The summed E-state index contributed by atoms with van der Waals surface area (Å²) in [5, 5.41) is 11.4. The maximum Gasteiger partial charge on any atom is 0.303 e. The Bertz CT molecular complexity index is 539. The van der Waals surface area contributed by atoms with Crippen molar-refractivity contribution in [3.05, 3.63) is 29.8 Å². The van der Waals surface area contributed by atoms with E-state index < -0.39 is 12.1 Å². The van der Waals surface area contributed by atoms with Crippen LogP contribution in [0.2, 0.25) is 0 Å².